The van der Waals surface area contributed by atoms with Gasteiger partial charge in [0.25, 0.3) is 0 Å². The molecule has 0 radical (unpaired) electrons. The van der Waals surface area contributed by atoms with Gasteiger partial charge in [-0.3, -0.25) is 5.10 Å². The maximum absolute atomic E-state index is 11.9. The third kappa shape index (κ3) is 4.09. The third-order valence-electron chi connectivity index (χ3n) is 5.57. The number of anilines is 2. The maximum atomic E-state index is 11.9. The van der Waals surface area contributed by atoms with Gasteiger partial charge in [-0.1, -0.05) is 0 Å². The van der Waals surface area contributed by atoms with Crippen LogP contribution >= 0.6 is 0 Å². The normalized spacial score (nSPS) is 21.1. The van der Waals surface area contributed by atoms with Gasteiger partial charge in [0, 0.05) is 43.2 Å². The number of hydrogen-bond donors (Lipinski definition) is 3. The predicted molar refractivity (Wildman–Crippen MR) is 109 cm³/mol. The highest BCUT2D eigenvalue weighted by atomic mass is 16.6. The summed E-state index contributed by atoms with van der Waals surface area (Å²) in [5.41, 5.74) is 2.72. The second kappa shape index (κ2) is 7.94. The maximum Gasteiger partial charge on any atom is 0.407 e. The van der Waals surface area contributed by atoms with Crippen molar-refractivity contribution in [1.82, 2.24) is 30.1 Å². The molecule has 2 aliphatic rings. The van der Waals surface area contributed by atoms with E-state index in [4.69, 9.17) is 9.47 Å². The fraction of sp³-hybridized carbons (Fsp3) is 0.500. The van der Waals surface area contributed by atoms with Gasteiger partial charge in [-0.25, -0.2) is 14.3 Å². The highest BCUT2D eigenvalue weighted by molar-refractivity contribution is 5.72. The van der Waals surface area contributed by atoms with Crippen molar-refractivity contribution in [2.24, 2.45) is 0 Å². The van der Waals surface area contributed by atoms with Gasteiger partial charge in [0.15, 0.2) is 11.6 Å². The van der Waals surface area contributed by atoms with Crippen molar-refractivity contribution < 1.29 is 14.3 Å². The van der Waals surface area contributed by atoms with E-state index in [1.165, 1.54) is 0 Å². The van der Waals surface area contributed by atoms with Crippen LogP contribution in [0.3, 0.4) is 0 Å². The molecule has 2 atom stereocenters. The van der Waals surface area contributed by atoms with Crippen LogP contribution in [0.25, 0.3) is 5.52 Å². The van der Waals surface area contributed by atoms with E-state index < -0.39 is 0 Å². The molecule has 0 aliphatic heterocycles. The Morgan fingerprint density at radius 3 is 3.03 bits per heavy atom. The molecule has 2 saturated carbocycles. The number of nitrogens with zero attached hydrogens (tertiary/aromatic N) is 4. The number of hydrogen-bond acceptors (Lipinski definition) is 7. The van der Waals surface area contributed by atoms with E-state index >= 15 is 0 Å². The number of aromatic amines is 1. The number of rotatable bonds is 7. The van der Waals surface area contributed by atoms with Crippen LogP contribution in [0, 0.1) is 0 Å². The van der Waals surface area contributed by atoms with E-state index in [1.807, 2.05) is 12.1 Å². The first-order chi connectivity index (χ1) is 14.7. The predicted octanol–water partition coefficient (Wildman–Crippen LogP) is 2.87. The second-order valence-electron chi connectivity index (χ2n) is 7.96. The Morgan fingerprint density at radius 1 is 1.30 bits per heavy atom. The molecule has 10 nitrogen and oxygen atoms in total. The van der Waals surface area contributed by atoms with Gasteiger partial charge < -0.3 is 20.1 Å². The van der Waals surface area contributed by atoms with Gasteiger partial charge in [-0.05, 0) is 38.2 Å². The van der Waals surface area contributed by atoms with Gasteiger partial charge in [-0.2, -0.15) is 10.2 Å². The van der Waals surface area contributed by atoms with Crippen molar-refractivity contribution >= 4 is 23.2 Å². The van der Waals surface area contributed by atoms with Crippen molar-refractivity contribution in [3.05, 3.63) is 35.9 Å². The van der Waals surface area contributed by atoms with Crippen molar-refractivity contribution in [2.75, 3.05) is 12.4 Å². The minimum Gasteiger partial charge on any atom is -0.446 e. The summed E-state index contributed by atoms with van der Waals surface area (Å²) >= 11 is 0. The monoisotopic (exact) mass is 411 g/mol. The Hall–Kier alpha value is -3.14. The molecule has 0 aromatic carbocycles. The second-order valence-corrected chi connectivity index (χ2v) is 7.96. The number of alkyl carbamates (subject to hydrolysis) is 1. The van der Waals surface area contributed by atoms with E-state index in [9.17, 15) is 4.79 Å². The molecule has 0 unspecified atom stereocenters. The van der Waals surface area contributed by atoms with Crippen LogP contribution < -0.4 is 10.6 Å². The Kier molecular flexibility index (Phi) is 4.99. The minimum absolute atomic E-state index is 0.0464. The number of methoxy groups -OCH3 is 1. The average Bonchev–Trinajstić information content (AvgIpc) is 3.11. The Morgan fingerprint density at radius 2 is 2.20 bits per heavy atom. The molecule has 0 saturated heterocycles. The lowest BCUT2D eigenvalue weighted by Crippen LogP contribution is -2.29. The number of aromatic nitrogens is 5. The Bertz CT molecular complexity index is 1040. The van der Waals surface area contributed by atoms with Crippen LogP contribution in [-0.2, 0) is 16.1 Å². The van der Waals surface area contributed by atoms with Gasteiger partial charge >= 0.3 is 6.09 Å². The summed E-state index contributed by atoms with van der Waals surface area (Å²) in [7, 11) is 1.64. The molecule has 1 amide bonds. The van der Waals surface area contributed by atoms with E-state index in [0.29, 0.717) is 30.2 Å². The summed E-state index contributed by atoms with van der Waals surface area (Å²) in [6.07, 6.45) is 7.90. The minimum atomic E-state index is -0.289. The first-order valence-electron chi connectivity index (χ1n) is 10.3. The van der Waals surface area contributed by atoms with Crippen LogP contribution in [0.2, 0.25) is 0 Å². The van der Waals surface area contributed by atoms with Gasteiger partial charge in [0.05, 0.1) is 12.3 Å². The number of carbonyl (C=O) groups excluding carboxylic acids is 1. The van der Waals surface area contributed by atoms with E-state index in [1.54, 1.807) is 24.0 Å². The van der Waals surface area contributed by atoms with Crippen LogP contribution in [0.15, 0.2) is 24.5 Å². The molecule has 158 valence electrons. The summed E-state index contributed by atoms with van der Waals surface area (Å²) < 4.78 is 12.5. The lowest BCUT2D eigenvalue weighted by Gasteiger charge is -2.12. The fourth-order valence-corrected chi connectivity index (χ4v) is 3.93. The van der Waals surface area contributed by atoms with Crippen LogP contribution in [-0.4, -0.2) is 50.1 Å². The molecule has 3 N–H and O–H groups in total. The van der Waals surface area contributed by atoms with E-state index in [0.717, 1.165) is 49.0 Å². The lowest BCUT2D eigenvalue weighted by atomic mass is 10.0. The zero-order valence-electron chi connectivity index (χ0n) is 16.8. The SMILES string of the molecule is COCc1cc2c(Nc3cc([C@H]4CC[C@@H](OC(=O)NC5CC5)C4)[nH]n3)nccn2n1. The van der Waals surface area contributed by atoms with Crippen molar-refractivity contribution in [3.63, 3.8) is 0 Å². The van der Waals surface area contributed by atoms with Crippen LogP contribution in [0.4, 0.5) is 16.4 Å². The Balaban J connectivity index is 1.23. The molecule has 10 heteroatoms. The van der Waals surface area contributed by atoms with E-state index in [-0.39, 0.29) is 12.2 Å². The standard InChI is InChI=1S/C20H25N7O3/c1-29-11-14-9-17-19(21-6-7-27(17)26-14)23-18-10-16(24-25-18)12-2-5-15(8-12)30-20(28)22-13-3-4-13/h6-7,9-10,12-13,15H,2-5,8,11H2,1H3,(H,22,28)(H2,21,23,24,25)/t12-,15+/m0/s1. The summed E-state index contributed by atoms with van der Waals surface area (Å²) in [5.74, 6) is 1.66. The largest absolute Gasteiger partial charge is 0.446 e. The first-order valence-corrected chi connectivity index (χ1v) is 10.3. The number of H-pyrrole nitrogens is 1. The Labute approximate surface area is 173 Å². The zero-order chi connectivity index (χ0) is 20.5. The quantitative estimate of drug-likeness (QED) is 0.547. The smallest absolute Gasteiger partial charge is 0.407 e. The van der Waals surface area contributed by atoms with Gasteiger partial charge in [-0.15, -0.1) is 0 Å². The molecule has 2 fully saturated rings. The zero-order valence-corrected chi connectivity index (χ0v) is 16.8. The number of amides is 1. The number of ether oxygens (including phenoxy) is 2. The molecular weight excluding hydrogens is 386 g/mol. The molecule has 0 spiro atoms. The number of fused-ring (bicyclic) bond motifs is 1. The molecule has 3 aromatic heterocycles. The number of nitrogens with one attached hydrogen (secondary N) is 3. The first kappa shape index (κ1) is 18.9. The van der Waals surface area contributed by atoms with E-state index in [2.05, 4.69) is 30.9 Å². The van der Waals surface area contributed by atoms with Crippen molar-refractivity contribution in [3.8, 4) is 0 Å². The third-order valence-corrected chi connectivity index (χ3v) is 5.57. The summed E-state index contributed by atoms with van der Waals surface area (Å²) in [6, 6.07) is 4.25. The van der Waals surface area contributed by atoms with Crippen LogP contribution in [0.5, 0.6) is 0 Å². The van der Waals surface area contributed by atoms with Crippen molar-refractivity contribution in [1.29, 1.82) is 0 Å². The highest BCUT2D eigenvalue weighted by Crippen LogP contribution is 2.36. The average molecular weight is 411 g/mol. The van der Waals surface area contributed by atoms with Gasteiger partial charge in [0.2, 0.25) is 0 Å². The highest BCUT2D eigenvalue weighted by Gasteiger charge is 2.31. The molecule has 3 heterocycles. The molecule has 2 aliphatic carbocycles. The number of carbonyl (C=O) groups is 1. The molecular formula is C20H25N7O3. The topological polar surface area (TPSA) is 118 Å². The molecule has 3 aromatic rings. The molecule has 0 bridgehead atoms. The fourth-order valence-electron chi connectivity index (χ4n) is 3.93. The molecule has 5 rings (SSSR count). The summed E-state index contributed by atoms with van der Waals surface area (Å²) in [5, 5.41) is 18.1. The molecule has 30 heavy (non-hydrogen) atoms. The summed E-state index contributed by atoms with van der Waals surface area (Å²) in [4.78, 5) is 16.3. The van der Waals surface area contributed by atoms with Crippen molar-refractivity contribution in [2.45, 2.75) is 56.8 Å². The lowest BCUT2D eigenvalue weighted by molar-refractivity contribution is 0.0997. The van der Waals surface area contributed by atoms with Crippen LogP contribution in [0.1, 0.15) is 49.4 Å². The summed E-state index contributed by atoms with van der Waals surface area (Å²) in [6.45, 7) is 0.442. The van der Waals surface area contributed by atoms with Gasteiger partial charge in [0.1, 0.15) is 11.6 Å².